The number of oxime groups is 1. The molecule has 80 valence electrons. The van der Waals surface area contributed by atoms with E-state index in [0.717, 1.165) is 17.5 Å². The van der Waals surface area contributed by atoms with Crippen molar-refractivity contribution in [2.24, 2.45) is 5.16 Å². The summed E-state index contributed by atoms with van der Waals surface area (Å²) in [5, 5.41) is 12.0. The maximum absolute atomic E-state index is 11.8. The number of rotatable bonds is 0. The molecule has 0 radical (unpaired) electrons. The molecule has 0 bridgehead atoms. The normalized spacial score (nSPS) is 17.7. The van der Waals surface area contributed by atoms with Crippen LogP contribution in [0.5, 0.6) is 0 Å². The molecular weight excluding hydrogens is 215 g/mol. The number of benzene rings is 1. The van der Waals surface area contributed by atoms with E-state index in [1.54, 1.807) is 18.0 Å². The number of nitrogens with zero attached hydrogens (tertiary/aromatic N) is 2. The number of hydrogen-bond acceptors (Lipinski definition) is 3. The molecule has 1 aromatic rings. The van der Waals surface area contributed by atoms with Gasteiger partial charge in [-0.3, -0.25) is 4.79 Å². The zero-order valence-electron chi connectivity index (χ0n) is 8.47. The molecule has 2 rings (SSSR count). The van der Waals surface area contributed by atoms with Crippen LogP contribution in [0.2, 0.25) is 0 Å². The second-order valence-electron chi connectivity index (χ2n) is 3.58. The van der Waals surface area contributed by atoms with Crippen molar-refractivity contribution < 1.29 is 10.0 Å². The molecule has 1 amide bonds. The van der Waals surface area contributed by atoms with E-state index < -0.39 is 0 Å². The Morgan fingerprint density at radius 3 is 2.75 bits per heavy atom. The molecule has 0 spiro atoms. The third-order valence-electron chi connectivity index (χ3n) is 2.64. The van der Waals surface area contributed by atoms with E-state index in [-0.39, 0.29) is 41.2 Å². The van der Waals surface area contributed by atoms with Gasteiger partial charge in [-0.1, -0.05) is 29.4 Å². The average molecular weight is 228 g/mol. The number of hydrogen-bond donors (Lipinski definition) is 1. The van der Waals surface area contributed by atoms with Gasteiger partial charge in [-0.2, -0.15) is 0 Å². The van der Waals surface area contributed by atoms with Crippen LogP contribution in [-0.4, -0.2) is 64.9 Å². The molecule has 16 heavy (non-hydrogen) atoms. The molecule has 1 heterocycles. The number of amides is 1. The Bertz CT molecular complexity index is 432. The summed E-state index contributed by atoms with van der Waals surface area (Å²) in [6.45, 7) is 0.648. The molecule has 1 aliphatic heterocycles. The van der Waals surface area contributed by atoms with Crippen LogP contribution >= 0.6 is 0 Å². The van der Waals surface area contributed by atoms with Crippen molar-refractivity contribution in [1.82, 2.24) is 4.90 Å². The number of carbonyl (C=O) groups is 1. The summed E-state index contributed by atoms with van der Waals surface area (Å²) in [7, 11) is 1.71. The molecule has 0 atom stereocenters. The fourth-order valence-electron chi connectivity index (χ4n) is 1.75. The first kappa shape index (κ1) is 13.2. The first-order valence-electron chi connectivity index (χ1n) is 4.80. The number of fused-ring (bicyclic) bond motifs is 1. The van der Waals surface area contributed by atoms with Gasteiger partial charge in [0, 0.05) is 19.2 Å². The van der Waals surface area contributed by atoms with Gasteiger partial charge in [-0.05, 0) is 12.0 Å². The molecular formula is C11H13N2NaO2. The van der Waals surface area contributed by atoms with Gasteiger partial charge < -0.3 is 10.1 Å². The zero-order valence-corrected chi connectivity index (χ0v) is 8.47. The van der Waals surface area contributed by atoms with E-state index in [0.29, 0.717) is 6.54 Å². The molecule has 1 N–H and O–H groups in total. The second-order valence-corrected chi connectivity index (χ2v) is 3.58. The zero-order chi connectivity index (χ0) is 10.8. The predicted octanol–water partition coefficient (Wildman–Crippen LogP) is 0.231. The Morgan fingerprint density at radius 2 is 2.06 bits per heavy atom. The van der Waals surface area contributed by atoms with Crippen molar-refractivity contribution in [3.8, 4) is 0 Å². The molecule has 4 nitrogen and oxygen atoms in total. The summed E-state index contributed by atoms with van der Waals surface area (Å²) < 4.78 is 0. The molecule has 5 heteroatoms. The average Bonchev–Trinajstić information content (AvgIpc) is 2.38. The van der Waals surface area contributed by atoms with Crippen molar-refractivity contribution in [1.29, 1.82) is 0 Å². The van der Waals surface area contributed by atoms with Crippen LogP contribution in [0.1, 0.15) is 11.1 Å². The van der Waals surface area contributed by atoms with Gasteiger partial charge in [0.15, 0.2) is 5.71 Å². The molecule has 1 aliphatic rings. The summed E-state index contributed by atoms with van der Waals surface area (Å²) in [6.07, 6.45) is 0.789. The Kier molecular flexibility index (Phi) is 4.53. The summed E-state index contributed by atoms with van der Waals surface area (Å²) in [6, 6.07) is 7.51. The summed E-state index contributed by atoms with van der Waals surface area (Å²) in [5.74, 6) is -0.234. The first-order valence-corrected chi connectivity index (χ1v) is 4.80. The van der Waals surface area contributed by atoms with Gasteiger partial charge in [0.2, 0.25) is 0 Å². The third kappa shape index (κ3) is 2.29. The minimum atomic E-state index is -0.234. The molecule has 0 unspecified atom stereocenters. The van der Waals surface area contributed by atoms with Gasteiger partial charge in [0.05, 0.1) is 0 Å². The Morgan fingerprint density at radius 1 is 1.38 bits per heavy atom. The van der Waals surface area contributed by atoms with E-state index in [2.05, 4.69) is 5.16 Å². The van der Waals surface area contributed by atoms with E-state index in [9.17, 15) is 4.79 Å². The van der Waals surface area contributed by atoms with Gasteiger partial charge in [-0.25, -0.2) is 0 Å². The summed E-state index contributed by atoms with van der Waals surface area (Å²) >= 11 is 0. The predicted molar refractivity (Wildman–Crippen MR) is 63.3 cm³/mol. The Labute approximate surface area is 116 Å². The summed E-state index contributed by atoms with van der Waals surface area (Å²) in [5.41, 5.74) is 1.91. The Balaban J connectivity index is 0.00000128. The van der Waals surface area contributed by atoms with E-state index in [1.165, 1.54) is 0 Å². The van der Waals surface area contributed by atoms with Crippen molar-refractivity contribution in [3.05, 3.63) is 35.4 Å². The standard InChI is InChI=1S/C11H12N2O2.Na.H/c1-13-7-6-8-4-2-3-5-9(8)10(12-15)11(13)14;;/h2-5,15H,6-7H2,1H3;;/b12-10-;;. The minimum absolute atomic E-state index is 0. The van der Waals surface area contributed by atoms with Gasteiger partial charge in [-0.15, -0.1) is 0 Å². The molecule has 0 saturated heterocycles. The topological polar surface area (TPSA) is 52.9 Å². The fraction of sp³-hybridized carbons (Fsp3) is 0.273. The van der Waals surface area contributed by atoms with Crippen LogP contribution in [0, 0.1) is 0 Å². The van der Waals surface area contributed by atoms with Crippen LogP contribution in [-0.2, 0) is 11.2 Å². The first-order chi connectivity index (χ1) is 7.24. The van der Waals surface area contributed by atoms with Gasteiger partial charge in [0.25, 0.3) is 5.91 Å². The van der Waals surface area contributed by atoms with Crippen LogP contribution < -0.4 is 0 Å². The SMILES string of the molecule is CN1CCc2ccccc2/C(=N/O)C1=O.[NaH]. The Hall–Kier alpha value is -0.840. The monoisotopic (exact) mass is 228 g/mol. The molecule has 1 aromatic carbocycles. The summed E-state index contributed by atoms with van der Waals surface area (Å²) in [4.78, 5) is 13.3. The van der Waals surface area contributed by atoms with Crippen molar-refractivity contribution in [2.75, 3.05) is 13.6 Å². The van der Waals surface area contributed by atoms with Gasteiger partial charge in [0.1, 0.15) is 0 Å². The molecule has 0 saturated carbocycles. The third-order valence-corrected chi connectivity index (χ3v) is 2.64. The fourth-order valence-corrected chi connectivity index (χ4v) is 1.75. The quantitative estimate of drug-likeness (QED) is 0.392. The van der Waals surface area contributed by atoms with Crippen LogP contribution in [0.25, 0.3) is 0 Å². The molecule has 0 fully saturated rings. The second kappa shape index (κ2) is 5.48. The molecule has 0 aliphatic carbocycles. The van der Waals surface area contributed by atoms with Crippen LogP contribution in [0.3, 0.4) is 0 Å². The van der Waals surface area contributed by atoms with Crippen molar-refractivity contribution >= 4 is 41.2 Å². The number of likely N-dealkylation sites (N-methyl/N-ethyl adjacent to an activating group) is 1. The van der Waals surface area contributed by atoms with E-state index in [4.69, 9.17) is 5.21 Å². The van der Waals surface area contributed by atoms with Crippen molar-refractivity contribution in [3.63, 3.8) is 0 Å². The van der Waals surface area contributed by atoms with Gasteiger partial charge >= 0.3 is 29.6 Å². The van der Waals surface area contributed by atoms with E-state index in [1.807, 2.05) is 18.2 Å². The van der Waals surface area contributed by atoms with Crippen LogP contribution in [0.4, 0.5) is 0 Å². The number of carbonyl (C=O) groups excluding carboxylic acids is 1. The van der Waals surface area contributed by atoms with E-state index >= 15 is 0 Å². The maximum atomic E-state index is 11.8. The van der Waals surface area contributed by atoms with Crippen molar-refractivity contribution in [2.45, 2.75) is 6.42 Å². The van der Waals surface area contributed by atoms with Crippen LogP contribution in [0.15, 0.2) is 29.4 Å². The molecule has 0 aromatic heterocycles.